The van der Waals surface area contributed by atoms with Crippen molar-refractivity contribution in [2.24, 2.45) is 0 Å². The summed E-state index contributed by atoms with van der Waals surface area (Å²) < 4.78 is 6.41. The molecule has 3 heterocycles. The Balaban J connectivity index is 1.67. The fraction of sp³-hybridized carbons (Fsp3) is 0.115. The number of aryl methyl sites for hydroxylation is 1. The molecule has 5 rings (SSSR count). The number of aromatic nitrogens is 2. The number of pyridine rings is 2. The van der Waals surface area contributed by atoms with E-state index in [0.717, 1.165) is 38.7 Å². The molecule has 0 amide bonds. The number of hydrogen-bond donors (Lipinski definition) is 2. The summed E-state index contributed by atoms with van der Waals surface area (Å²) in [7, 11) is 0. The number of benzene rings is 2. The number of nitrogens with zero attached hydrogens (tertiary/aromatic N) is 2. The summed E-state index contributed by atoms with van der Waals surface area (Å²) in [6, 6.07) is 16.7. The van der Waals surface area contributed by atoms with Crippen LogP contribution >= 0.6 is 0 Å². The SMILES string of the molecule is Cc1cc([C@@H](C)Nc2ccccc2C(=O)O)c2oc3c(-c4cccnc4)ccnc3c2c1. The second-order valence-corrected chi connectivity index (χ2v) is 7.83. The lowest BCUT2D eigenvalue weighted by molar-refractivity contribution is 0.0698. The first kappa shape index (κ1) is 19.8. The Morgan fingerprint density at radius 2 is 1.91 bits per heavy atom. The molecule has 1 atom stereocenters. The Bertz CT molecular complexity index is 1460. The molecule has 32 heavy (non-hydrogen) atoms. The first-order chi connectivity index (χ1) is 15.5. The van der Waals surface area contributed by atoms with Crippen LogP contribution in [0.5, 0.6) is 0 Å². The van der Waals surface area contributed by atoms with Crippen molar-refractivity contribution in [1.82, 2.24) is 9.97 Å². The molecule has 0 saturated heterocycles. The van der Waals surface area contributed by atoms with E-state index in [1.165, 1.54) is 0 Å². The molecule has 3 aromatic heterocycles. The highest BCUT2D eigenvalue weighted by atomic mass is 16.4. The Morgan fingerprint density at radius 3 is 2.69 bits per heavy atom. The Hall–Kier alpha value is -4.19. The van der Waals surface area contributed by atoms with E-state index < -0.39 is 5.97 Å². The monoisotopic (exact) mass is 423 g/mol. The lowest BCUT2D eigenvalue weighted by Crippen LogP contribution is -2.11. The van der Waals surface area contributed by atoms with E-state index in [9.17, 15) is 9.90 Å². The van der Waals surface area contributed by atoms with Gasteiger partial charge in [0.1, 0.15) is 11.1 Å². The van der Waals surface area contributed by atoms with Crippen molar-refractivity contribution in [3.05, 3.63) is 89.9 Å². The number of rotatable bonds is 5. The van der Waals surface area contributed by atoms with Crippen LogP contribution in [0.3, 0.4) is 0 Å². The number of furan rings is 1. The van der Waals surface area contributed by atoms with Gasteiger partial charge < -0.3 is 14.8 Å². The summed E-state index contributed by atoms with van der Waals surface area (Å²) >= 11 is 0. The molecular weight excluding hydrogens is 402 g/mol. The average molecular weight is 423 g/mol. The van der Waals surface area contributed by atoms with Crippen LogP contribution < -0.4 is 5.32 Å². The number of carbonyl (C=O) groups is 1. The number of hydrogen-bond acceptors (Lipinski definition) is 5. The predicted molar refractivity (Wildman–Crippen MR) is 125 cm³/mol. The van der Waals surface area contributed by atoms with Gasteiger partial charge in [0.2, 0.25) is 0 Å². The third-order valence-electron chi connectivity index (χ3n) is 5.59. The quantitative estimate of drug-likeness (QED) is 0.349. The highest BCUT2D eigenvalue weighted by Crippen LogP contribution is 2.38. The number of carboxylic acid groups (broad SMARTS) is 1. The lowest BCUT2D eigenvalue weighted by atomic mass is 10.0. The smallest absolute Gasteiger partial charge is 0.337 e. The molecule has 0 spiro atoms. The molecule has 0 aliphatic heterocycles. The zero-order valence-electron chi connectivity index (χ0n) is 17.7. The van der Waals surface area contributed by atoms with Gasteiger partial charge in [0.15, 0.2) is 5.58 Å². The summed E-state index contributed by atoms with van der Waals surface area (Å²) in [6.45, 7) is 4.03. The highest BCUT2D eigenvalue weighted by Gasteiger charge is 2.20. The summed E-state index contributed by atoms with van der Waals surface area (Å²) in [6.07, 6.45) is 5.33. The van der Waals surface area contributed by atoms with Gasteiger partial charge >= 0.3 is 5.97 Å². The van der Waals surface area contributed by atoms with Gasteiger partial charge in [-0.05, 0) is 49.7 Å². The van der Waals surface area contributed by atoms with E-state index in [0.29, 0.717) is 11.3 Å². The van der Waals surface area contributed by atoms with Gasteiger partial charge in [-0.3, -0.25) is 9.97 Å². The standard InChI is InChI=1S/C26H21N3O3/c1-15-12-20(16(2)29-22-8-4-3-7-19(22)26(30)31)24-21(13-15)23-25(32-24)18(9-11-28-23)17-6-5-10-27-14-17/h3-14,16,29H,1-2H3,(H,30,31)/t16-/m1/s1. The second kappa shape index (κ2) is 7.81. The van der Waals surface area contributed by atoms with E-state index >= 15 is 0 Å². The molecular formula is C26H21N3O3. The van der Waals surface area contributed by atoms with Crippen molar-refractivity contribution in [1.29, 1.82) is 0 Å². The maximum absolute atomic E-state index is 11.6. The third-order valence-corrected chi connectivity index (χ3v) is 5.59. The van der Waals surface area contributed by atoms with Gasteiger partial charge in [0, 0.05) is 46.4 Å². The number of aromatic carboxylic acids is 1. The van der Waals surface area contributed by atoms with E-state index in [2.05, 4.69) is 27.4 Å². The number of para-hydroxylation sites is 1. The lowest BCUT2D eigenvalue weighted by Gasteiger charge is -2.18. The zero-order chi connectivity index (χ0) is 22.2. The zero-order valence-corrected chi connectivity index (χ0v) is 17.7. The molecule has 0 aliphatic carbocycles. The molecule has 2 N–H and O–H groups in total. The van der Waals surface area contributed by atoms with Crippen molar-refractivity contribution in [2.45, 2.75) is 19.9 Å². The summed E-state index contributed by atoms with van der Waals surface area (Å²) in [5.41, 5.74) is 6.94. The molecule has 0 bridgehead atoms. The molecule has 6 heteroatoms. The molecule has 0 fully saturated rings. The van der Waals surface area contributed by atoms with Crippen LogP contribution in [0.4, 0.5) is 5.69 Å². The fourth-order valence-corrected chi connectivity index (χ4v) is 4.11. The molecule has 158 valence electrons. The van der Waals surface area contributed by atoms with E-state index in [1.54, 1.807) is 36.8 Å². The minimum absolute atomic E-state index is 0.194. The summed E-state index contributed by atoms with van der Waals surface area (Å²) in [5, 5.41) is 13.8. The highest BCUT2D eigenvalue weighted by molar-refractivity contribution is 6.08. The van der Waals surface area contributed by atoms with Crippen LogP contribution in [0.1, 0.15) is 34.5 Å². The normalized spacial score (nSPS) is 12.2. The third kappa shape index (κ3) is 3.36. The minimum atomic E-state index is -0.969. The first-order valence-electron chi connectivity index (χ1n) is 10.3. The maximum atomic E-state index is 11.6. The van der Waals surface area contributed by atoms with Crippen LogP contribution in [0.25, 0.3) is 33.2 Å². The Kier molecular flexibility index (Phi) is 4.82. The fourth-order valence-electron chi connectivity index (χ4n) is 4.11. The minimum Gasteiger partial charge on any atom is -0.478 e. The van der Waals surface area contributed by atoms with Crippen molar-refractivity contribution < 1.29 is 14.3 Å². The van der Waals surface area contributed by atoms with Gasteiger partial charge in [0.25, 0.3) is 0 Å². The van der Waals surface area contributed by atoms with E-state index in [-0.39, 0.29) is 11.6 Å². The molecule has 0 unspecified atom stereocenters. The van der Waals surface area contributed by atoms with Crippen molar-refractivity contribution in [3.8, 4) is 11.1 Å². The molecule has 2 aromatic carbocycles. The van der Waals surface area contributed by atoms with E-state index in [4.69, 9.17) is 4.42 Å². The van der Waals surface area contributed by atoms with Crippen LogP contribution in [-0.2, 0) is 0 Å². The summed E-state index contributed by atoms with van der Waals surface area (Å²) in [4.78, 5) is 20.5. The van der Waals surface area contributed by atoms with Crippen molar-refractivity contribution >= 4 is 33.7 Å². The van der Waals surface area contributed by atoms with Gasteiger partial charge in [-0.25, -0.2) is 4.79 Å². The van der Waals surface area contributed by atoms with Crippen LogP contribution in [0.15, 0.2) is 77.6 Å². The predicted octanol–water partition coefficient (Wildman–Crippen LogP) is 6.22. The number of anilines is 1. The summed E-state index contributed by atoms with van der Waals surface area (Å²) in [5.74, 6) is -0.969. The van der Waals surface area contributed by atoms with Crippen molar-refractivity contribution in [2.75, 3.05) is 5.32 Å². The molecule has 0 radical (unpaired) electrons. The molecule has 0 aliphatic rings. The van der Waals surface area contributed by atoms with Gasteiger partial charge in [-0.15, -0.1) is 0 Å². The van der Waals surface area contributed by atoms with Gasteiger partial charge in [-0.2, -0.15) is 0 Å². The second-order valence-electron chi connectivity index (χ2n) is 7.83. The van der Waals surface area contributed by atoms with Crippen molar-refractivity contribution in [3.63, 3.8) is 0 Å². The van der Waals surface area contributed by atoms with Gasteiger partial charge in [0.05, 0.1) is 11.6 Å². The maximum Gasteiger partial charge on any atom is 0.337 e. The van der Waals surface area contributed by atoms with Gasteiger partial charge in [-0.1, -0.05) is 24.3 Å². The van der Waals surface area contributed by atoms with E-state index in [1.807, 2.05) is 38.1 Å². The molecule has 0 saturated carbocycles. The Labute approximate surface area is 184 Å². The topological polar surface area (TPSA) is 88.2 Å². The largest absolute Gasteiger partial charge is 0.478 e. The molecule has 6 nitrogen and oxygen atoms in total. The van der Waals surface area contributed by atoms with Crippen LogP contribution in [0.2, 0.25) is 0 Å². The number of nitrogens with one attached hydrogen (secondary N) is 1. The molecule has 5 aromatic rings. The average Bonchev–Trinajstić information content (AvgIpc) is 3.18. The number of fused-ring (bicyclic) bond motifs is 3. The van der Waals surface area contributed by atoms with Crippen LogP contribution in [0, 0.1) is 6.92 Å². The number of carboxylic acids is 1. The first-order valence-corrected chi connectivity index (χ1v) is 10.3. The van der Waals surface area contributed by atoms with Crippen LogP contribution in [-0.4, -0.2) is 21.0 Å². The Morgan fingerprint density at radius 1 is 1.06 bits per heavy atom.